The van der Waals surface area contributed by atoms with Crippen molar-refractivity contribution in [1.82, 2.24) is 10.0 Å². The van der Waals surface area contributed by atoms with Crippen molar-refractivity contribution in [2.45, 2.75) is 56.0 Å². The molecule has 168 valence electrons. The SMILES string of the molecule is COc1ccc([C@H](CC(=O)N[C@@H]2CCCC[C@@H]2C)NS(=O)(=O)c2ccc(F)cc2)cc1. The second kappa shape index (κ2) is 10.2. The maximum Gasteiger partial charge on any atom is 0.241 e. The van der Waals surface area contributed by atoms with E-state index in [2.05, 4.69) is 17.0 Å². The molecule has 31 heavy (non-hydrogen) atoms. The Kier molecular flexibility index (Phi) is 7.67. The summed E-state index contributed by atoms with van der Waals surface area (Å²) >= 11 is 0. The molecule has 1 aliphatic rings. The topological polar surface area (TPSA) is 84.5 Å². The van der Waals surface area contributed by atoms with Gasteiger partial charge in [-0.1, -0.05) is 31.9 Å². The summed E-state index contributed by atoms with van der Waals surface area (Å²) in [6.45, 7) is 2.13. The van der Waals surface area contributed by atoms with Crippen molar-refractivity contribution < 1.29 is 22.3 Å². The summed E-state index contributed by atoms with van der Waals surface area (Å²) in [5.41, 5.74) is 0.637. The fraction of sp³-hybridized carbons (Fsp3) is 0.435. The van der Waals surface area contributed by atoms with Crippen molar-refractivity contribution in [2.24, 2.45) is 5.92 Å². The fourth-order valence-electron chi connectivity index (χ4n) is 3.91. The number of benzene rings is 2. The first-order chi connectivity index (χ1) is 14.8. The maximum atomic E-state index is 13.2. The monoisotopic (exact) mass is 448 g/mol. The number of amides is 1. The zero-order chi connectivity index (χ0) is 22.4. The molecule has 1 amide bonds. The average molecular weight is 449 g/mol. The molecule has 2 N–H and O–H groups in total. The molecule has 2 aromatic rings. The molecule has 0 spiro atoms. The van der Waals surface area contributed by atoms with Crippen LogP contribution in [0.15, 0.2) is 53.4 Å². The second-order valence-electron chi connectivity index (χ2n) is 8.04. The molecular formula is C23H29FN2O4S. The summed E-state index contributed by atoms with van der Waals surface area (Å²) in [6, 6.07) is 10.8. The highest BCUT2D eigenvalue weighted by atomic mass is 32.2. The van der Waals surface area contributed by atoms with Crippen LogP contribution in [0, 0.1) is 11.7 Å². The van der Waals surface area contributed by atoms with Gasteiger partial charge in [0.2, 0.25) is 15.9 Å². The molecule has 0 bridgehead atoms. The summed E-state index contributed by atoms with van der Waals surface area (Å²) in [4.78, 5) is 12.7. The first-order valence-corrected chi connectivity index (χ1v) is 12.0. The Morgan fingerprint density at radius 3 is 2.35 bits per heavy atom. The highest BCUT2D eigenvalue weighted by molar-refractivity contribution is 7.89. The van der Waals surface area contributed by atoms with Gasteiger partial charge in [-0.2, -0.15) is 0 Å². The molecule has 6 nitrogen and oxygen atoms in total. The van der Waals surface area contributed by atoms with Gasteiger partial charge in [-0.15, -0.1) is 0 Å². The van der Waals surface area contributed by atoms with Crippen LogP contribution in [0.3, 0.4) is 0 Å². The number of hydrogen-bond donors (Lipinski definition) is 2. The van der Waals surface area contributed by atoms with E-state index in [-0.39, 0.29) is 23.3 Å². The minimum absolute atomic E-state index is 0.0457. The number of carbonyl (C=O) groups is 1. The maximum absolute atomic E-state index is 13.2. The second-order valence-corrected chi connectivity index (χ2v) is 9.75. The number of rotatable bonds is 8. The molecule has 1 aliphatic carbocycles. The lowest BCUT2D eigenvalue weighted by Crippen LogP contribution is -2.42. The average Bonchev–Trinajstić information content (AvgIpc) is 2.75. The Morgan fingerprint density at radius 2 is 1.74 bits per heavy atom. The molecule has 3 atom stereocenters. The predicted molar refractivity (Wildman–Crippen MR) is 117 cm³/mol. The van der Waals surface area contributed by atoms with E-state index in [1.165, 1.54) is 18.6 Å². The van der Waals surface area contributed by atoms with Gasteiger partial charge >= 0.3 is 0 Å². The highest BCUT2D eigenvalue weighted by Crippen LogP contribution is 2.26. The molecule has 2 aromatic carbocycles. The number of carbonyl (C=O) groups excluding carboxylic acids is 1. The summed E-state index contributed by atoms with van der Waals surface area (Å²) in [5, 5.41) is 3.08. The van der Waals surface area contributed by atoms with Gasteiger partial charge in [0.15, 0.2) is 0 Å². The van der Waals surface area contributed by atoms with Crippen LogP contribution < -0.4 is 14.8 Å². The van der Waals surface area contributed by atoms with E-state index >= 15 is 0 Å². The van der Waals surface area contributed by atoms with Crippen LogP contribution >= 0.6 is 0 Å². The van der Waals surface area contributed by atoms with Gasteiger partial charge in [0.1, 0.15) is 11.6 Å². The number of sulfonamides is 1. The zero-order valence-corrected chi connectivity index (χ0v) is 18.6. The highest BCUT2D eigenvalue weighted by Gasteiger charge is 2.27. The first-order valence-electron chi connectivity index (χ1n) is 10.5. The van der Waals surface area contributed by atoms with Crippen LogP contribution in [0.4, 0.5) is 4.39 Å². The summed E-state index contributed by atoms with van der Waals surface area (Å²) in [7, 11) is -2.41. The largest absolute Gasteiger partial charge is 0.497 e. The number of nitrogens with one attached hydrogen (secondary N) is 2. The van der Waals surface area contributed by atoms with Gasteiger partial charge < -0.3 is 10.1 Å². The lowest BCUT2D eigenvalue weighted by atomic mass is 9.86. The molecular weight excluding hydrogens is 419 g/mol. The van der Waals surface area contributed by atoms with E-state index in [1.807, 2.05) is 0 Å². The minimum Gasteiger partial charge on any atom is -0.497 e. The third-order valence-corrected chi connectivity index (χ3v) is 7.27. The van der Waals surface area contributed by atoms with E-state index in [9.17, 15) is 17.6 Å². The van der Waals surface area contributed by atoms with Crippen molar-refractivity contribution >= 4 is 15.9 Å². The molecule has 0 radical (unpaired) electrons. The van der Waals surface area contributed by atoms with Crippen molar-refractivity contribution in [1.29, 1.82) is 0 Å². The van der Waals surface area contributed by atoms with Gasteiger partial charge in [0, 0.05) is 12.5 Å². The Balaban J connectivity index is 1.80. The van der Waals surface area contributed by atoms with Crippen LogP contribution in [-0.2, 0) is 14.8 Å². The van der Waals surface area contributed by atoms with E-state index < -0.39 is 21.9 Å². The molecule has 0 heterocycles. The van der Waals surface area contributed by atoms with Crippen LogP contribution in [0.5, 0.6) is 5.75 Å². The summed E-state index contributed by atoms with van der Waals surface area (Å²) < 4.78 is 46.8. The Bertz CT molecular complexity index is 978. The van der Waals surface area contributed by atoms with Gasteiger partial charge in [-0.05, 0) is 60.7 Å². The van der Waals surface area contributed by atoms with Gasteiger partial charge in [0.05, 0.1) is 18.0 Å². The smallest absolute Gasteiger partial charge is 0.241 e. The number of hydrogen-bond acceptors (Lipinski definition) is 4. The molecule has 1 saturated carbocycles. The molecule has 0 unspecified atom stereocenters. The van der Waals surface area contributed by atoms with Crippen molar-refractivity contribution in [3.8, 4) is 5.75 Å². The van der Waals surface area contributed by atoms with Gasteiger partial charge in [-0.3, -0.25) is 4.79 Å². The van der Waals surface area contributed by atoms with Crippen molar-refractivity contribution in [2.75, 3.05) is 7.11 Å². The van der Waals surface area contributed by atoms with Crippen molar-refractivity contribution in [3.63, 3.8) is 0 Å². The summed E-state index contributed by atoms with van der Waals surface area (Å²) in [6.07, 6.45) is 4.20. The molecule has 0 saturated heterocycles. The number of ether oxygens (including phenoxy) is 1. The van der Waals surface area contributed by atoms with E-state index in [1.54, 1.807) is 31.4 Å². The molecule has 8 heteroatoms. The van der Waals surface area contributed by atoms with E-state index in [0.717, 1.165) is 31.4 Å². The van der Waals surface area contributed by atoms with Crippen LogP contribution in [-0.4, -0.2) is 27.5 Å². The molecule has 0 aromatic heterocycles. The van der Waals surface area contributed by atoms with E-state index in [0.29, 0.717) is 17.2 Å². The molecule has 0 aliphatic heterocycles. The normalized spacial score (nSPS) is 20.1. The Hall–Kier alpha value is -2.45. The standard InChI is InChI=1S/C23H29FN2O4S/c1-16-5-3-4-6-21(16)25-23(27)15-22(17-7-11-19(30-2)12-8-17)26-31(28,29)20-13-9-18(24)10-14-20/h7-14,16,21-22,26H,3-6,15H2,1-2H3,(H,25,27)/t16-,21+,22-/m0/s1. The fourth-order valence-corrected chi connectivity index (χ4v) is 5.14. The first kappa shape index (κ1) is 23.2. The number of halogens is 1. The molecule has 3 rings (SSSR count). The lowest BCUT2D eigenvalue weighted by molar-refractivity contribution is -0.122. The van der Waals surface area contributed by atoms with Crippen LogP contribution in [0.2, 0.25) is 0 Å². The third kappa shape index (κ3) is 6.27. The van der Waals surface area contributed by atoms with E-state index in [4.69, 9.17) is 4.74 Å². The van der Waals surface area contributed by atoms with Gasteiger partial charge in [-0.25, -0.2) is 17.5 Å². The Morgan fingerprint density at radius 1 is 1.10 bits per heavy atom. The van der Waals surface area contributed by atoms with Gasteiger partial charge in [0.25, 0.3) is 0 Å². The predicted octanol–water partition coefficient (Wildman–Crippen LogP) is 3.94. The number of methoxy groups -OCH3 is 1. The molecule has 1 fully saturated rings. The van der Waals surface area contributed by atoms with Crippen molar-refractivity contribution in [3.05, 3.63) is 59.9 Å². The zero-order valence-electron chi connectivity index (χ0n) is 17.8. The van der Waals surface area contributed by atoms with Crippen LogP contribution in [0.1, 0.15) is 50.6 Å². The summed E-state index contributed by atoms with van der Waals surface area (Å²) in [5.74, 6) is 0.297. The van der Waals surface area contributed by atoms with Crippen LogP contribution in [0.25, 0.3) is 0 Å². The lowest BCUT2D eigenvalue weighted by Gasteiger charge is -2.30. The Labute approximate surface area is 183 Å². The minimum atomic E-state index is -3.96. The third-order valence-electron chi connectivity index (χ3n) is 5.79. The quantitative estimate of drug-likeness (QED) is 0.641.